The van der Waals surface area contributed by atoms with Crippen LogP contribution < -0.4 is 5.73 Å². The molecule has 0 bridgehead atoms. The smallest absolute Gasteiger partial charge is 0.327 e. The quantitative estimate of drug-likeness (QED) is 0.672. The minimum Gasteiger partial charge on any atom is -0.327 e. The van der Waals surface area contributed by atoms with Crippen LogP contribution in [0.4, 0.5) is 0 Å². The molecule has 0 aromatic rings. The maximum absolute atomic E-state index is 12.0. The van der Waals surface area contributed by atoms with Crippen LogP contribution in [0.2, 0.25) is 0 Å². The van der Waals surface area contributed by atoms with E-state index in [2.05, 4.69) is 0 Å². The van der Waals surface area contributed by atoms with Gasteiger partial charge in [0, 0.05) is 6.04 Å². The lowest BCUT2D eigenvalue weighted by molar-refractivity contribution is 0.217. The average molecular weight is 223 g/mol. The first-order valence-electron chi connectivity index (χ1n) is 5.09. The topological polar surface area (TPSA) is 61.5 Å². The average Bonchev–Trinajstić information content (AvgIpc) is 2.04. The Hall–Kier alpha value is 0.110. The minimum atomic E-state index is -2.95. The van der Waals surface area contributed by atoms with Crippen molar-refractivity contribution in [3.8, 4) is 0 Å². The van der Waals surface area contributed by atoms with E-state index in [1.165, 1.54) is 0 Å². The van der Waals surface area contributed by atoms with Crippen LogP contribution in [0.1, 0.15) is 27.7 Å². The molecule has 0 aliphatic rings. The van der Waals surface area contributed by atoms with Gasteiger partial charge in [0.25, 0.3) is 0 Å². The molecule has 0 spiro atoms. The largest absolute Gasteiger partial charge is 0.332 e. The Kier molecular flexibility index (Phi) is 6.62. The summed E-state index contributed by atoms with van der Waals surface area (Å²) in [7, 11) is -2.95. The van der Waals surface area contributed by atoms with Crippen LogP contribution in [0.25, 0.3) is 0 Å². The van der Waals surface area contributed by atoms with E-state index in [4.69, 9.17) is 14.8 Å². The second-order valence-electron chi connectivity index (χ2n) is 3.54. The Labute approximate surface area is 86.7 Å². The molecule has 1 unspecified atom stereocenters. The Morgan fingerprint density at radius 1 is 1.21 bits per heavy atom. The standard InChI is InChI=1S/C9H22NO3P/c1-5-12-14(11,13-6-2)7-9(10)8(3)4/h8-9H,5-7,10H2,1-4H3. The number of hydrogen-bond donors (Lipinski definition) is 1. The first kappa shape index (κ1) is 14.1. The summed E-state index contributed by atoms with van der Waals surface area (Å²) in [5.41, 5.74) is 5.83. The summed E-state index contributed by atoms with van der Waals surface area (Å²) >= 11 is 0. The molecule has 0 fully saturated rings. The predicted octanol–water partition coefficient (Wildman–Crippen LogP) is 2.24. The van der Waals surface area contributed by atoms with E-state index in [1.807, 2.05) is 13.8 Å². The Morgan fingerprint density at radius 2 is 1.64 bits per heavy atom. The summed E-state index contributed by atoms with van der Waals surface area (Å²) in [5, 5.41) is 0. The first-order chi connectivity index (χ1) is 6.45. The molecule has 0 aromatic carbocycles. The number of hydrogen-bond acceptors (Lipinski definition) is 4. The Balaban J connectivity index is 4.28. The normalized spacial score (nSPS) is 14.7. The predicted molar refractivity (Wildman–Crippen MR) is 58.5 cm³/mol. The fourth-order valence-electron chi connectivity index (χ4n) is 1.01. The molecule has 0 saturated heterocycles. The maximum atomic E-state index is 12.0. The highest BCUT2D eigenvalue weighted by Crippen LogP contribution is 2.48. The van der Waals surface area contributed by atoms with Gasteiger partial charge in [0.05, 0.1) is 19.4 Å². The molecule has 0 aromatic heterocycles. The van der Waals surface area contributed by atoms with E-state index in [0.717, 1.165) is 0 Å². The molecule has 1 atom stereocenters. The van der Waals surface area contributed by atoms with Crippen LogP contribution in [-0.2, 0) is 13.6 Å². The second kappa shape index (κ2) is 6.57. The fourth-order valence-corrected chi connectivity index (χ4v) is 3.02. The van der Waals surface area contributed by atoms with Crippen molar-refractivity contribution in [2.24, 2.45) is 11.7 Å². The number of nitrogens with two attached hydrogens (primary N) is 1. The fraction of sp³-hybridized carbons (Fsp3) is 1.00. The second-order valence-corrected chi connectivity index (χ2v) is 5.64. The van der Waals surface area contributed by atoms with Crippen LogP contribution in [-0.4, -0.2) is 25.4 Å². The third kappa shape index (κ3) is 5.11. The molecule has 2 N–H and O–H groups in total. The van der Waals surface area contributed by atoms with Gasteiger partial charge >= 0.3 is 7.60 Å². The summed E-state index contributed by atoms with van der Waals surface area (Å²) in [6, 6.07) is -0.140. The third-order valence-corrected chi connectivity index (χ3v) is 4.11. The molecule has 0 saturated carbocycles. The van der Waals surface area contributed by atoms with Gasteiger partial charge in [-0.05, 0) is 19.8 Å². The Bertz CT molecular complexity index is 186. The van der Waals surface area contributed by atoms with Crippen LogP contribution in [0.15, 0.2) is 0 Å². The molecule has 0 radical (unpaired) electrons. The SMILES string of the molecule is CCOP(=O)(CC(N)C(C)C)OCC. The highest BCUT2D eigenvalue weighted by Gasteiger charge is 2.27. The van der Waals surface area contributed by atoms with Crippen molar-refractivity contribution in [3.05, 3.63) is 0 Å². The Morgan fingerprint density at radius 3 is 1.93 bits per heavy atom. The molecule has 14 heavy (non-hydrogen) atoms. The third-order valence-electron chi connectivity index (χ3n) is 1.94. The highest BCUT2D eigenvalue weighted by molar-refractivity contribution is 7.53. The van der Waals surface area contributed by atoms with Gasteiger partial charge in [0.2, 0.25) is 0 Å². The van der Waals surface area contributed by atoms with Crippen molar-refractivity contribution in [1.82, 2.24) is 0 Å². The van der Waals surface area contributed by atoms with Crippen LogP contribution in [0.3, 0.4) is 0 Å². The summed E-state index contributed by atoms with van der Waals surface area (Å²) < 4.78 is 22.3. The molecule has 5 heteroatoms. The van der Waals surface area contributed by atoms with Crippen molar-refractivity contribution in [3.63, 3.8) is 0 Å². The van der Waals surface area contributed by atoms with Gasteiger partial charge in [-0.15, -0.1) is 0 Å². The zero-order valence-corrected chi connectivity index (χ0v) is 10.4. The van der Waals surface area contributed by atoms with E-state index in [-0.39, 0.29) is 12.0 Å². The van der Waals surface area contributed by atoms with E-state index < -0.39 is 7.60 Å². The lowest BCUT2D eigenvalue weighted by Crippen LogP contribution is -2.31. The molecular formula is C9H22NO3P. The zero-order valence-electron chi connectivity index (χ0n) is 9.53. The van der Waals surface area contributed by atoms with Crippen LogP contribution in [0, 0.1) is 5.92 Å². The minimum absolute atomic E-state index is 0.140. The van der Waals surface area contributed by atoms with Gasteiger partial charge < -0.3 is 14.8 Å². The summed E-state index contributed by atoms with van der Waals surface area (Å²) in [5.74, 6) is 0.282. The monoisotopic (exact) mass is 223 g/mol. The van der Waals surface area contributed by atoms with Crippen molar-refractivity contribution < 1.29 is 13.6 Å². The molecular weight excluding hydrogens is 201 g/mol. The van der Waals surface area contributed by atoms with E-state index in [0.29, 0.717) is 19.4 Å². The van der Waals surface area contributed by atoms with Crippen LogP contribution >= 0.6 is 7.60 Å². The van der Waals surface area contributed by atoms with Crippen molar-refractivity contribution in [1.29, 1.82) is 0 Å². The molecule has 86 valence electrons. The molecule has 0 aliphatic heterocycles. The van der Waals surface area contributed by atoms with Crippen molar-refractivity contribution in [2.45, 2.75) is 33.7 Å². The summed E-state index contributed by atoms with van der Waals surface area (Å²) in [6.45, 7) is 8.36. The van der Waals surface area contributed by atoms with E-state index in [9.17, 15) is 4.57 Å². The van der Waals surface area contributed by atoms with Gasteiger partial charge in [-0.3, -0.25) is 4.57 Å². The zero-order chi connectivity index (χ0) is 11.2. The summed E-state index contributed by atoms with van der Waals surface area (Å²) in [6.07, 6.45) is 0.298. The molecule has 0 rings (SSSR count). The van der Waals surface area contributed by atoms with Gasteiger partial charge in [-0.1, -0.05) is 13.8 Å². The summed E-state index contributed by atoms with van der Waals surface area (Å²) in [4.78, 5) is 0. The maximum Gasteiger partial charge on any atom is 0.332 e. The molecule has 0 aliphatic carbocycles. The number of rotatable bonds is 7. The van der Waals surface area contributed by atoms with E-state index >= 15 is 0 Å². The van der Waals surface area contributed by atoms with E-state index in [1.54, 1.807) is 13.8 Å². The van der Waals surface area contributed by atoms with Gasteiger partial charge in [-0.25, -0.2) is 0 Å². The van der Waals surface area contributed by atoms with Gasteiger partial charge in [-0.2, -0.15) is 0 Å². The van der Waals surface area contributed by atoms with Crippen LogP contribution in [0.5, 0.6) is 0 Å². The van der Waals surface area contributed by atoms with Crippen molar-refractivity contribution >= 4 is 7.60 Å². The van der Waals surface area contributed by atoms with Gasteiger partial charge in [0.15, 0.2) is 0 Å². The van der Waals surface area contributed by atoms with Gasteiger partial charge in [0.1, 0.15) is 0 Å². The highest BCUT2D eigenvalue weighted by atomic mass is 31.2. The molecule has 0 amide bonds. The molecule has 0 heterocycles. The molecule has 4 nitrogen and oxygen atoms in total. The first-order valence-corrected chi connectivity index (χ1v) is 6.81. The lowest BCUT2D eigenvalue weighted by Gasteiger charge is -2.22. The lowest BCUT2D eigenvalue weighted by atomic mass is 10.1. The van der Waals surface area contributed by atoms with Crippen molar-refractivity contribution in [2.75, 3.05) is 19.4 Å².